The second kappa shape index (κ2) is 7.28. The lowest BCUT2D eigenvalue weighted by molar-refractivity contribution is 0.232. The number of hydrogen-bond acceptors (Lipinski definition) is 5. The largest absolute Gasteiger partial charge is 0.475 e. The predicted octanol–water partition coefficient (Wildman–Crippen LogP) is 2.07. The topological polar surface area (TPSA) is 64.3 Å². The van der Waals surface area contributed by atoms with Crippen molar-refractivity contribution in [3.63, 3.8) is 0 Å². The third-order valence-corrected chi connectivity index (χ3v) is 2.97. The molecule has 5 heteroatoms. The number of hydrogen-bond donors (Lipinski definition) is 1. The summed E-state index contributed by atoms with van der Waals surface area (Å²) in [5.74, 6) is 1.78. The molecule has 0 aliphatic rings. The van der Waals surface area contributed by atoms with Gasteiger partial charge in [0.2, 0.25) is 11.8 Å². The van der Waals surface area contributed by atoms with E-state index in [1.807, 2.05) is 25.8 Å². The number of aromatic nitrogens is 2. The van der Waals surface area contributed by atoms with Gasteiger partial charge in [0.1, 0.15) is 0 Å². The second-order valence-electron chi connectivity index (χ2n) is 5.48. The molecule has 0 saturated carbocycles. The molecule has 1 unspecified atom stereocenters. The first kappa shape index (κ1) is 15.7. The summed E-state index contributed by atoms with van der Waals surface area (Å²) in [5.41, 5.74) is 6.05. The normalized spacial score (nSPS) is 12.8. The van der Waals surface area contributed by atoms with Crippen molar-refractivity contribution in [1.29, 1.82) is 0 Å². The van der Waals surface area contributed by atoms with Crippen LogP contribution in [-0.4, -0.2) is 35.7 Å². The van der Waals surface area contributed by atoms with Crippen molar-refractivity contribution in [2.75, 3.05) is 18.5 Å². The van der Waals surface area contributed by atoms with Crippen LogP contribution in [0.15, 0.2) is 12.3 Å². The highest BCUT2D eigenvalue weighted by molar-refractivity contribution is 5.30. The SMILES string of the molecule is CC(C)Oc1ccnc(N(C)CCC(N)C(C)C)n1. The molecule has 5 nitrogen and oxygen atoms in total. The molecular weight excluding hydrogens is 240 g/mol. The van der Waals surface area contributed by atoms with Crippen LogP contribution in [0.2, 0.25) is 0 Å². The number of rotatable bonds is 7. The van der Waals surface area contributed by atoms with Crippen molar-refractivity contribution in [3.05, 3.63) is 12.3 Å². The molecule has 0 bridgehead atoms. The van der Waals surface area contributed by atoms with E-state index >= 15 is 0 Å². The summed E-state index contributed by atoms with van der Waals surface area (Å²) in [7, 11) is 1.97. The molecule has 1 rings (SSSR count). The van der Waals surface area contributed by atoms with Gasteiger partial charge in [0.05, 0.1) is 6.10 Å². The van der Waals surface area contributed by atoms with Crippen molar-refractivity contribution < 1.29 is 4.74 Å². The summed E-state index contributed by atoms with van der Waals surface area (Å²) < 4.78 is 5.57. The molecule has 0 aliphatic heterocycles. The molecule has 19 heavy (non-hydrogen) atoms. The fraction of sp³-hybridized carbons (Fsp3) is 0.714. The molecule has 0 aromatic carbocycles. The number of anilines is 1. The minimum Gasteiger partial charge on any atom is -0.475 e. The fourth-order valence-electron chi connectivity index (χ4n) is 1.60. The molecule has 0 saturated heterocycles. The van der Waals surface area contributed by atoms with E-state index in [-0.39, 0.29) is 12.1 Å². The van der Waals surface area contributed by atoms with E-state index in [4.69, 9.17) is 10.5 Å². The van der Waals surface area contributed by atoms with Crippen LogP contribution < -0.4 is 15.4 Å². The maximum absolute atomic E-state index is 6.05. The fourth-order valence-corrected chi connectivity index (χ4v) is 1.60. The zero-order chi connectivity index (χ0) is 14.4. The van der Waals surface area contributed by atoms with Gasteiger partial charge in [0.25, 0.3) is 0 Å². The predicted molar refractivity (Wildman–Crippen MR) is 78.5 cm³/mol. The van der Waals surface area contributed by atoms with Gasteiger partial charge in [-0.25, -0.2) is 4.98 Å². The molecule has 1 aromatic heterocycles. The molecule has 0 spiro atoms. The van der Waals surface area contributed by atoms with Crippen LogP contribution in [0.4, 0.5) is 5.95 Å². The van der Waals surface area contributed by atoms with E-state index < -0.39 is 0 Å². The lowest BCUT2D eigenvalue weighted by Gasteiger charge is -2.21. The molecule has 0 amide bonds. The van der Waals surface area contributed by atoms with E-state index in [1.165, 1.54) is 0 Å². The highest BCUT2D eigenvalue weighted by Gasteiger charge is 2.11. The number of nitrogens with zero attached hydrogens (tertiary/aromatic N) is 3. The van der Waals surface area contributed by atoms with Crippen LogP contribution in [-0.2, 0) is 0 Å². The molecule has 1 atom stereocenters. The maximum Gasteiger partial charge on any atom is 0.228 e. The molecule has 1 heterocycles. The smallest absolute Gasteiger partial charge is 0.228 e. The van der Waals surface area contributed by atoms with Gasteiger partial charge < -0.3 is 15.4 Å². The maximum atomic E-state index is 6.05. The summed E-state index contributed by atoms with van der Waals surface area (Å²) in [6.07, 6.45) is 2.76. The molecular formula is C14H26N4O. The third-order valence-electron chi connectivity index (χ3n) is 2.97. The Labute approximate surface area is 116 Å². The Morgan fingerprint density at radius 1 is 1.32 bits per heavy atom. The molecule has 2 N–H and O–H groups in total. The van der Waals surface area contributed by atoms with Crippen molar-refractivity contribution in [1.82, 2.24) is 9.97 Å². The Morgan fingerprint density at radius 2 is 2.00 bits per heavy atom. The standard InChI is InChI=1S/C14H26N4O/c1-10(2)12(15)7-9-18(5)14-16-8-6-13(17-14)19-11(3)4/h6,8,10-12H,7,9,15H2,1-5H3. The summed E-state index contributed by atoms with van der Waals surface area (Å²) >= 11 is 0. The molecule has 0 aliphatic carbocycles. The average molecular weight is 266 g/mol. The van der Waals surface area contributed by atoms with Crippen LogP contribution in [0, 0.1) is 5.92 Å². The molecule has 0 fully saturated rings. The van der Waals surface area contributed by atoms with Gasteiger partial charge >= 0.3 is 0 Å². The van der Waals surface area contributed by atoms with E-state index in [2.05, 4.69) is 23.8 Å². The second-order valence-corrected chi connectivity index (χ2v) is 5.48. The summed E-state index contributed by atoms with van der Waals surface area (Å²) in [6.45, 7) is 9.07. The first-order valence-corrected chi connectivity index (χ1v) is 6.86. The minimum absolute atomic E-state index is 0.113. The zero-order valence-electron chi connectivity index (χ0n) is 12.6. The van der Waals surface area contributed by atoms with Gasteiger partial charge in [-0.1, -0.05) is 13.8 Å². The Balaban J connectivity index is 2.59. The first-order chi connectivity index (χ1) is 8.90. The minimum atomic E-state index is 0.113. The van der Waals surface area contributed by atoms with Gasteiger partial charge in [0, 0.05) is 31.9 Å². The van der Waals surface area contributed by atoms with Gasteiger partial charge in [-0.2, -0.15) is 4.98 Å². The summed E-state index contributed by atoms with van der Waals surface area (Å²) in [5, 5.41) is 0. The Bertz CT molecular complexity index is 381. The lowest BCUT2D eigenvalue weighted by atomic mass is 10.0. The molecule has 108 valence electrons. The van der Waals surface area contributed by atoms with Gasteiger partial charge in [-0.3, -0.25) is 0 Å². The van der Waals surface area contributed by atoms with Crippen LogP contribution in [0.3, 0.4) is 0 Å². The quantitative estimate of drug-likeness (QED) is 0.818. The van der Waals surface area contributed by atoms with E-state index in [0.717, 1.165) is 13.0 Å². The van der Waals surface area contributed by atoms with Gasteiger partial charge in [-0.05, 0) is 26.2 Å². The molecule has 0 radical (unpaired) electrons. The zero-order valence-corrected chi connectivity index (χ0v) is 12.6. The molecule has 1 aromatic rings. The van der Waals surface area contributed by atoms with E-state index in [0.29, 0.717) is 17.7 Å². The van der Waals surface area contributed by atoms with E-state index in [1.54, 1.807) is 12.3 Å². The lowest BCUT2D eigenvalue weighted by Crippen LogP contribution is -2.32. The summed E-state index contributed by atoms with van der Waals surface area (Å²) in [4.78, 5) is 10.7. The van der Waals surface area contributed by atoms with Crippen LogP contribution in [0.1, 0.15) is 34.1 Å². The highest BCUT2D eigenvalue weighted by Crippen LogP contribution is 2.14. The van der Waals surface area contributed by atoms with Crippen LogP contribution >= 0.6 is 0 Å². The van der Waals surface area contributed by atoms with Crippen molar-refractivity contribution >= 4 is 5.95 Å². The van der Waals surface area contributed by atoms with Gasteiger partial charge in [0.15, 0.2) is 0 Å². The van der Waals surface area contributed by atoms with Crippen molar-refractivity contribution in [2.24, 2.45) is 11.7 Å². The Morgan fingerprint density at radius 3 is 2.58 bits per heavy atom. The van der Waals surface area contributed by atoms with Crippen LogP contribution in [0.5, 0.6) is 5.88 Å². The Hall–Kier alpha value is -1.36. The van der Waals surface area contributed by atoms with Crippen molar-refractivity contribution in [3.8, 4) is 5.88 Å². The number of ether oxygens (including phenoxy) is 1. The highest BCUT2D eigenvalue weighted by atomic mass is 16.5. The van der Waals surface area contributed by atoms with Gasteiger partial charge in [-0.15, -0.1) is 0 Å². The first-order valence-electron chi connectivity index (χ1n) is 6.86. The number of nitrogens with two attached hydrogens (primary N) is 1. The Kier molecular flexibility index (Phi) is 6.02. The van der Waals surface area contributed by atoms with Crippen molar-refractivity contribution in [2.45, 2.75) is 46.3 Å². The monoisotopic (exact) mass is 266 g/mol. The average Bonchev–Trinajstić information content (AvgIpc) is 2.34. The summed E-state index contributed by atoms with van der Waals surface area (Å²) in [6, 6.07) is 1.98. The van der Waals surface area contributed by atoms with Crippen LogP contribution in [0.25, 0.3) is 0 Å². The van der Waals surface area contributed by atoms with E-state index in [9.17, 15) is 0 Å². The third kappa shape index (κ3) is 5.42.